The molecule has 0 spiro atoms. The number of halogens is 1. The monoisotopic (exact) mass is 453 g/mol. The van der Waals surface area contributed by atoms with E-state index in [0.717, 1.165) is 12.8 Å². The Morgan fingerprint density at radius 2 is 1.79 bits per heavy atom. The number of phenols is 2. The highest BCUT2D eigenvalue weighted by Crippen LogP contribution is 2.38. The fraction of sp³-hybridized carbons (Fsp3) is 0.333. The Kier molecular flexibility index (Phi) is 5.20. The second-order valence-corrected chi connectivity index (χ2v) is 8.71. The molecule has 0 bridgehead atoms. The van der Waals surface area contributed by atoms with Gasteiger partial charge in [-0.05, 0) is 31.0 Å². The molecule has 2 aromatic carbocycles. The molecule has 1 aromatic heterocycles. The molecule has 0 unspecified atom stereocenters. The summed E-state index contributed by atoms with van der Waals surface area (Å²) < 4.78 is 16.9. The van der Waals surface area contributed by atoms with Gasteiger partial charge in [0, 0.05) is 62.0 Å². The van der Waals surface area contributed by atoms with Crippen LogP contribution in [0.25, 0.3) is 10.9 Å². The Balaban J connectivity index is 1.41. The van der Waals surface area contributed by atoms with Crippen molar-refractivity contribution in [3.8, 4) is 11.5 Å². The molecule has 9 heteroatoms. The molecular formula is C24H24FN3O5. The summed E-state index contributed by atoms with van der Waals surface area (Å²) in [4.78, 5) is 28.2. The molecule has 8 nitrogen and oxygen atoms in total. The molecule has 1 aliphatic heterocycles. The van der Waals surface area contributed by atoms with Crippen LogP contribution in [0.1, 0.15) is 34.8 Å². The second kappa shape index (κ2) is 8.08. The Morgan fingerprint density at radius 1 is 1.06 bits per heavy atom. The lowest BCUT2D eigenvalue weighted by atomic mass is 10.1. The number of fused-ring (bicyclic) bond motifs is 1. The fourth-order valence-corrected chi connectivity index (χ4v) is 4.48. The van der Waals surface area contributed by atoms with E-state index in [0.29, 0.717) is 49.5 Å². The molecule has 0 radical (unpaired) electrons. The third kappa shape index (κ3) is 4.00. The minimum absolute atomic E-state index is 0.00741. The van der Waals surface area contributed by atoms with Gasteiger partial charge in [0.05, 0.1) is 11.2 Å². The number of carbonyl (C=O) groups is 1. The molecule has 1 saturated heterocycles. The number of hydrogen-bond donors (Lipinski definition) is 3. The Bertz CT molecular complexity index is 1310. The number of hydrogen-bond acceptors (Lipinski definition) is 6. The lowest BCUT2D eigenvalue weighted by Crippen LogP contribution is -2.46. The summed E-state index contributed by atoms with van der Waals surface area (Å²) in [6.07, 6.45) is 3.17. The first-order valence-electron chi connectivity index (χ1n) is 10.9. The maximum absolute atomic E-state index is 15.1. The van der Waals surface area contributed by atoms with Gasteiger partial charge in [0.25, 0.3) is 0 Å². The third-order valence-corrected chi connectivity index (χ3v) is 6.45. The van der Waals surface area contributed by atoms with Gasteiger partial charge < -0.3 is 24.8 Å². The van der Waals surface area contributed by atoms with Crippen molar-refractivity contribution in [1.82, 2.24) is 9.47 Å². The fourth-order valence-electron chi connectivity index (χ4n) is 4.48. The maximum Gasteiger partial charge on any atom is 0.341 e. The lowest BCUT2D eigenvalue weighted by Gasteiger charge is -2.36. The predicted molar refractivity (Wildman–Crippen MR) is 121 cm³/mol. The number of carboxylic acids is 1. The first-order valence-corrected chi connectivity index (χ1v) is 10.9. The molecule has 172 valence electrons. The van der Waals surface area contributed by atoms with E-state index in [9.17, 15) is 24.9 Å². The van der Waals surface area contributed by atoms with Crippen LogP contribution in [0.2, 0.25) is 0 Å². The number of aromatic carboxylic acids is 1. The summed E-state index contributed by atoms with van der Waals surface area (Å²) in [7, 11) is 0. The van der Waals surface area contributed by atoms with Gasteiger partial charge >= 0.3 is 5.97 Å². The van der Waals surface area contributed by atoms with E-state index in [-0.39, 0.29) is 28.5 Å². The van der Waals surface area contributed by atoms with Crippen molar-refractivity contribution in [2.75, 3.05) is 31.1 Å². The summed E-state index contributed by atoms with van der Waals surface area (Å²) >= 11 is 0. The van der Waals surface area contributed by atoms with E-state index >= 15 is 4.39 Å². The largest absolute Gasteiger partial charge is 0.508 e. The first-order chi connectivity index (χ1) is 15.8. The van der Waals surface area contributed by atoms with Crippen LogP contribution in [-0.2, 0) is 6.54 Å². The van der Waals surface area contributed by atoms with Gasteiger partial charge in [-0.15, -0.1) is 0 Å². The van der Waals surface area contributed by atoms with Crippen molar-refractivity contribution in [1.29, 1.82) is 0 Å². The van der Waals surface area contributed by atoms with Crippen molar-refractivity contribution in [2.45, 2.75) is 25.4 Å². The number of aromatic nitrogens is 1. The highest BCUT2D eigenvalue weighted by atomic mass is 19.1. The van der Waals surface area contributed by atoms with Gasteiger partial charge in [-0.2, -0.15) is 0 Å². The zero-order valence-electron chi connectivity index (χ0n) is 17.9. The molecule has 5 rings (SSSR count). The summed E-state index contributed by atoms with van der Waals surface area (Å²) in [5.74, 6) is -1.81. The van der Waals surface area contributed by atoms with Gasteiger partial charge in [0.1, 0.15) is 22.9 Å². The molecule has 1 aliphatic carbocycles. The minimum Gasteiger partial charge on any atom is -0.508 e. The molecule has 1 saturated carbocycles. The molecule has 0 amide bonds. The van der Waals surface area contributed by atoms with E-state index in [1.807, 2.05) is 4.90 Å². The molecular weight excluding hydrogens is 429 g/mol. The molecule has 2 fully saturated rings. The van der Waals surface area contributed by atoms with Crippen LogP contribution in [0.3, 0.4) is 0 Å². The molecule has 2 heterocycles. The van der Waals surface area contributed by atoms with E-state index in [4.69, 9.17) is 0 Å². The lowest BCUT2D eigenvalue weighted by molar-refractivity contribution is 0.0695. The summed E-state index contributed by atoms with van der Waals surface area (Å²) in [6.45, 7) is 2.92. The number of rotatable bonds is 5. The number of piperazine rings is 1. The number of phenolic OH excluding ortho intramolecular Hbond substituents is 2. The quantitative estimate of drug-likeness (QED) is 0.545. The number of pyridine rings is 1. The van der Waals surface area contributed by atoms with Crippen molar-refractivity contribution < 1.29 is 24.5 Å². The van der Waals surface area contributed by atoms with E-state index in [1.54, 1.807) is 16.7 Å². The summed E-state index contributed by atoms with van der Waals surface area (Å²) in [5.41, 5.74) is 0.652. The van der Waals surface area contributed by atoms with Crippen LogP contribution in [0, 0.1) is 5.82 Å². The van der Waals surface area contributed by atoms with Crippen molar-refractivity contribution in [2.24, 2.45) is 0 Å². The predicted octanol–water partition coefficient (Wildman–Crippen LogP) is 2.91. The molecule has 0 atom stereocenters. The zero-order chi connectivity index (χ0) is 23.3. The van der Waals surface area contributed by atoms with Crippen LogP contribution in [-0.4, -0.2) is 56.9 Å². The highest BCUT2D eigenvalue weighted by Gasteiger charge is 2.28. The molecule has 3 aromatic rings. The maximum atomic E-state index is 15.1. The molecule has 33 heavy (non-hydrogen) atoms. The van der Waals surface area contributed by atoms with Crippen LogP contribution < -0.4 is 10.3 Å². The van der Waals surface area contributed by atoms with Gasteiger partial charge in [-0.1, -0.05) is 6.07 Å². The minimum atomic E-state index is -1.31. The van der Waals surface area contributed by atoms with Gasteiger partial charge in [0.15, 0.2) is 0 Å². The number of nitrogens with zero attached hydrogens (tertiary/aromatic N) is 3. The molecule has 2 aliphatic rings. The standard InChI is InChI=1S/C24H24FN3O5/c25-19-10-17-20(28(15-2-3-15)13-18(23(17)31)24(32)33)11-21(19)27-7-5-26(6-8-27)12-14-1-4-16(29)9-22(14)30/h1,4,9-11,13,15,29-30H,2-3,5-8,12H2,(H,32,33). The van der Waals surface area contributed by atoms with Crippen LogP contribution >= 0.6 is 0 Å². The number of aromatic hydroxyl groups is 2. The van der Waals surface area contributed by atoms with E-state index < -0.39 is 17.2 Å². The van der Waals surface area contributed by atoms with Crippen LogP contribution in [0.4, 0.5) is 10.1 Å². The van der Waals surface area contributed by atoms with Crippen molar-refractivity contribution in [3.05, 3.63) is 63.7 Å². The topological polar surface area (TPSA) is 106 Å². The molecule has 3 N–H and O–H groups in total. The summed E-state index contributed by atoms with van der Waals surface area (Å²) in [5, 5.41) is 29.0. The van der Waals surface area contributed by atoms with Crippen molar-refractivity contribution >= 4 is 22.6 Å². The third-order valence-electron chi connectivity index (χ3n) is 6.45. The smallest absolute Gasteiger partial charge is 0.341 e. The van der Waals surface area contributed by atoms with Gasteiger partial charge in [0.2, 0.25) is 5.43 Å². The number of anilines is 1. The second-order valence-electron chi connectivity index (χ2n) is 8.71. The van der Waals surface area contributed by atoms with E-state index in [1.165, 1.54) is 24.4 Å². The number of benzene rings is 2. The highest BCUT2D eigenvalue weighted by molar-refractivity contribution is 5.93. The Hall–Kier alpha value is -3.59. The van der Waals surface area contributed by atoms with Crippen molar-refractivity contribution in [3.63, 3.8) is 0 Å². The average molecular weight is 453 g/mol. The number of carboxylic acid groups (broad SMARTS) is 1. The Labute approximate surface area is 188 Å². The Morgan fingerprint density at radius 3 is 2.42 bits per heavy atom. The van der Waals surface area contributed by atoms with Crippen LogP contribution in [0.15, 0.2) is 41.3 Å². The zero-order valence-corrected chi connectivity index (χ0v) is 17.9. The normalized spacial score (nSPS) is 16.9. The SMILES string of the molecule is O=C(O)c1cn(C2CC2)c2cc(N3CCN(Cc4ccc(O)cc4O)CC3)c(F)cc2c1=O. The summed E-state index contributed by atoms with van der Waals surface area (Å²) in [6, 6.07) is 7.48. The van der Waals surface area contributed by atoms with Gasteiger partial charge in [-0.3, -0.25) is 9.69 Å². The van der Waals surface area contributed by atoms with Gasteiger partial charge in [-0.25, -0.2) is 9.18 Å². The van der Waals surface area contributed by atoms with Crippen LogP contribution in [0.5, 0.6) is 11.5 Å². The van der Waals surface area contributed by atoms with E-state index in [2.05, 4.69) is 4.90 Å². The average Bonchev–Trinajstić information content (AvgIpc) is 3.62. The first kappa shape index (κ1) is 21.3.